The smallest absolute Gasteiger partial charge is 0.550 e. The molecule has 0 saturated carbocycles. The fraction of sp³-hybridized carbons (Fsp3) is 0.857. The summed E-state index contributed by atoms with van der Waals surface area (Å²) >= 11 is 0. The van der Waals surface area contributed by atoms with Crippen LogP contribution in [0.1, 0.15) is 78.1 Å². The van der Waals surface area contributed by atoms with E-state index in [0.29, 0.717) is 0 Å². The molecule has 0 amide bonds. The molecule has 19 heavy (non-hydrogen) atoms. The van der Waals surface area contributed by atoms with Crippen molar-refractivity contribution in [1.82, 2.24) is 0 Å². The predicted octanol–water partition coefficient (Wildman–Crippen LogP) is -0.248. The standard InChI is InChI=1S/C12H24O2.C2H4O2.Na/c1-2-3-4-5-6-7-8-9-10-11-12(13)14;1-2(3)4;/h2-11H2,1H3,(H,13,14);1H3,(H,3,4);/q;;+1/p-1. The first-order chi connectivity index (χ1) is 8.50. The van der Waals surface area contributed by atoms with Crippen LogP contribution in [0.4, 0.5) is 0 Å². The third kappa shape index (κ3) is 38.1. The van der Waals surface area contributed by atoms with Crippen molar-refractivity contribution in [3.63, 3.8) is 0 Å². The van der Waals surface area contributed by atoms with Crippen molar-refractivity contribution in [1.29, 1.82) is 0 Å². The zero-order chi connectivity index (χ0) is 14.2. The van der Waals surface area contributed by atoms with Crippen LogP contribution in [0.5, 0.6) is 0 Å². The van der Waals surface area contributed by atoms with Crippen LogP contribution in [0.15, 0.2) is 0 Å². The Hall–Kier alpha value is -0.0600. The topological polar surface area (TPSA) is 77.4 Å². The molecule has 0 aliphatic rings. The Morgan fingerprint density at radius 2 is 1.21 bits per heavy atom. The predicted molar refractivity (Wildman–Crippen MR) is 70.2 cm³/mol. The van der Waals surface area contributed by atoms with Gasteiger partial charge in [-0.2, -0.15) is 0 Å². The van der Waals surface area contributed by atoms with Crippen molar-refractivity contribution in [3.05, 3.63) is 0 Å². The molecule has 0 heterocycles. The Balaban J connectivity index is -0.000000448. The summed E-state index contributed by atoms with van der Waals surface area (Å²) in [6.07, 6.45) is 11.2. The molecule has 0 saturated heterocycles. The van der Waals surface area contributed by atoms with Crippen molar-refractivity contribution in [2.24, 2.45) is 0 Å². The number of aliphatic carboxylic acids is 2. The molecule has 0 aromatic carbocycles. The molecule has 0 aromatic heterocycles. The summed E-state index contributed by atoms with van der Waals surface area (Å²) in [5.41, 5.74) is 0. The molecule has 0 bridgehead atoms. The molecule has 0 fully saturated rings. The minimum atomic E-state index is -0.909. The third-order valence-corrected chi connectivity index (χ3v) is 2.48. The summed E-state index contributed by atoms with van der Waals surface area (Å²) in [5.74, 6) is -1.74. The van der Waals surface area contributed by atoms with E-state index in [1.807, 2.05) is 0 Å². The van der Waals surface area contributed by atoms with Crippen LogP contribution in [-0.4, -0.2) is 17.0 Å². The summed E-state index contributed by atoms with van der Waals surface area (Å²) in [4.78, 5) is 19.1. The van der Waals surface area contributed by atoms with Crippen LogP contribution < -0.4 is 34.7 Å². The van der Waals surface area contributed by atoms with E-state index in [0.717, 1.165) is 19.8 Å². The van der Waals surface area contributed by atoms with Crippen LogP contribution in [-0.2, 0) is 9.59 Å². The minimum absolute atomic E-state index is 0. The van der Waals surface area contributed by atoms with Crippen molar-refractivity contribution >= 4 is 11.9 Å². The summed E-state index contributed by atoms with van der Waals surface area (Å²) in [7, 11) is 0. The van der Waals surface area contributed by atoms with Crippen LogP contribution in [0.25, 0.3) is 0 Å². The van der Waals surface area contributed by atoms with Gasteiger partial charge in [-0.15, -0.1) is 0 Å². The van der Waals surface area contributed by atoms with Gasteiger partial charge < -0.3 is 15.0 Å². The molecule has 0 radical (unpaired) electrons. The van der Waals surface area contributed by atoms with Gasteiger partial charge in [0.05, 0.1) is 0 Å². The van der Waals surface area contributed by atoms with Crippen molar-refractivity contribution < 1.29 is 49.4 Å². The van der Waals surface area contributed by atoms with Crippen molar-refractivity contribution in [2.75, 3.05) is 0 Å². The van der Waals surface area contributed by atoms with E-state index in [2.05, 4.69) is 6.92 Å². The third-order valence-electron chi connectivity index (χ3n) is 2.48. The van der Waals surface area contributed by atoms with Gasteiger partial charge >= 0.3 is 29.6 Å². The van der Waals surface area contributed by atoms with Gasteiger partial charge in [0.25, 0.3) is 5.97 Å². The van der Waals surface area contributed by atoms with Gasteiger partial charge in [0, 0.05) is 12.9 Å². The van der Waals surface area contributed by atoms with Gasteiger partial charge in [-0.25, -0.2) is 0 Å². The Morgan fingerprint density at radius 3 is 1.53 bits per heavy atom. The molecule has 0 spiro atoms. The van der Waals surface area contributed by atoms with E-state index in [1.165, 1.54) is 44.9 Å². The largest absolute Gasteiger partial charge is 1.00 e. The van der Waals surface area contributed by atoms with Gasteiger partial charge in [-0.05, 0) is 12.8 Å². The average molecular weight is 282 g/mol. The van der Waals surface area contributed by atoms with Crippen LogP contribution in [0.3, 0.4) is 0 Å². The first-order valence-corrected chi connectivity index (χ1v) is 6.90. The Bertz CT molecular complexity index is 204. The summed E-state index contributed by atoms with van der Waals surface area (Å²) in [5, 5.41) is 17.5. The summed E-state index contributed by atoms with van der Waals surface area (Å²) in [6, 6.07) is 0. The van der Waals surface area contributed by atoms with Gasteiger partial charge in [0.2, 0.25) is 0 Å². The van der Waals surface area contributed by atoms with E-state index >= 15 is 0 Å². The molecule has 1 N–H and O–H groups in total. The molecular formula is C14H27NaO4. The van der Waals surface area contributed by atoms with Crippen molar-refractivity contribution in [2.45, 2.75) is 78.1 Å². The molecule has 0 rings (SSSR count). The zero-order valence-corrected chi connectivity index (χ0v) is 14.7. The second-order valence-electron chi connectivity index (χ2n) is 4.47. The van der Waals surface area contributed by atoms with E-state index < -0.39 is 11.9 Å². The monoisotopic (exact) mass is 282 g/mol. The van der Waals surface area contributed by atoms with E-state index in [9.17, 15) is 9.90 Å². The molecule has 0 aliphatic heterocycles. The number of hydrogen-bond donors (Lipinski definition) is 1. The molecule has 108 valence electrons. The van der Waals surface area contributed by atoms with Crippen molar-refractivity contribution in [3.8, 4) is 0 Å². The number of rotatable bonds is 10. The fourth-order valence-corrected chi connectivity index (χ4v) is 1.58. The minimum Gasteiger partial charge on any atom is -0.550 e. The number of hydrogen-bond acceptors (Lipinski definition) is 3. The Labute approximate surface area is 139 Å². The second-order valence-corrected chi connectivity index (χ2v) is 4.47. The maximum Gasteiger partial charge on any atom is 1.00 e. The van der Waals surface area contributed by atoms with Crippen LogP contribution in [0.2, 0.25) is 0 Å². The quantitative estimate of drug-likeness (QED) is 0.443. The molecular weight excluding hydrogens is 255 g/mol. The number of unbranched alkanes of at least 4 members (excludes halogenated alkanes) is 8. The molecule has 0 unspecified atom stereocenters. The number of carbonyl (C=O) groups is 2. The summed E-state index contributed by atoms with van der Waals surface area (Å²) < 4.78 is 0. The van der Waals surface area contributed by atoms with E-state index in [1.54, 1.807) is 0 Å². The van der Waals surface area contributed by atoms with Gasteiger partial charge in [-0.1, -0.05) is 58.3 Å². The molecule has 0 atom stereocenters. The molecule has 4 nitrogen and oxygen atoms in total. The zero-order valence-electron chi connectivity index (χ0n) is 12.7. The summed E-state index contributed by atoms with van der Waals surface area (Å²) in [6.45, 7) is 3.31. The SMILES string of the molecule is CC(=O)O.CCCCCCCCCCCC(=O)[O-].[Na+]. The molecule has 5 heteroatoms. The van der Waals surface area contributed by atoms with Gasteiger partial charge in [0.1, 0.15) is 0 Å². The first-order valence-electron chi connectivity index (χ1n) is 6.90. The Kier molecular flexibility index (Phi) is 25.6. The van der Waals surface area contributed by atoms with Gasteiger partial charge in [-0.3, -0.25) is 4.79 Å². The number of carboxylic acid groups (broad SMARTS) is 2. The normalized spacial score (nSPS) is 8.95. The van der Waals surface area contributed by atoms with Crippen LogP contribution in [0, 0.1) is 0 Å². The Morgan fingerprint density at radius 1 is 0.895 bits per heavy atom. The number of carboxylic acids is 2. The van der Waals surface area contributed by atoms with E-state index in [4.69, 9.17) is 9.90 Å². The van der Waals surface area contributed by atoms with Gasteiger partial charge in [0.15, 0.2) is 0 Å². The number of carbonyl (C=O) groups excluding carboxylic acids is 1. The first kappa shape index (κ1) is 24.0. The van der Waals surface area contributed by atoms with Crippen LogP contribution >= 0.6 is 0 Å². The maximum atomic E-state index is 10.1. The van der Waals surface area contributed by atoms with E-state index in [-0.39, 0.29) is 36.0 Å². The fourth-order valence-electron chi connectivity index (χ4n) is 1.58. The molecule has 0 aliphatic carbocycles. The molecule has 0 aromatic rings. The second kappa shape index (κ2) is 20.3. The maximum absolute atomic E-state index is 10.1. The average Bonchev–Trinajstić information content (AvgIpc) is 2.26.